The molecule has 0 fully saturated rings. The van der Waals surface area contributed by atoms with Crippen LogP contribution in [0.2, 0.25) is 0 Å². The molecule has 1 heterocycles. The minimum atomic E-state index is -0.274. The summed E-state index contributed by atoms with van der Waals surface area (Å²) in [7, 11) is 1.74. The van der Waals surface area contributed by atoms with Crippen molar-refractivity contribution in [1.29, 1.82) is 0 Å². The fourth-order valence-corrected chi connectivity index (χ4v) is 2.88. The van der Waals surface area contributed by atoms with Crippen LogP contribution in [0.25, 0.3) is 0 Å². The fraction of sp³-hybridized carbons (Fsp3) is 0.350. The van der Waals surface area contributed by atoms with Gasteiger partial charge in [0, 0.05) is 19.0 Å². The van der Waals surface area contributed by atoms with Crippen LogP contribution in [0.15, 0.2) is 53.5 Å². The van der Waals surface area contributed by atoms with Gasteiger partial charge < -0.3 is 20.1 Å². The van der Waals surface area contributed by atoms with Crippen LogP contribution in [0.4, 0.5) is 4.39 Å². The number of fused-ring (bicyclic) bond motifs is 1. The van der Waals surface area contributed by atoms with Crippen molar-refractivity contribution in [3.63, 3.8) is 0 Å². The molecule has 2 aromatic carbocycles. The molecule has 27 heavy (non-hydrogen) atoms. The van der Waals surface area contributed by atoms with Crippen molar-refractivity contribution in [1.82, 2.24) is 10.6 Å². The second-order valence-corrected chi connectivity index (χ2v) is 6.21. The van der Waals surface area contributed by atoms with Gasteiger partial charge in [-0.25, -0.2) is 4.39 Å². The van der Waals surface area contributed by atoms with E-state index in [9.17, 15) is 4.39 Å². The number of nitrogens with zero attached hydrogens (tertiary/aromatic N) is 1. The number of nitrogens with one attached hydrogen (secondary N) is 2. The Morgan fingerprint density at radius 1 is 1.26 bits per heavy atom. The highest BCUT2D eigenvalue weighted by Crippen LogP contribution is 2.31. The number of aliphatic imine (C=N–C) groups is 1. The lowest BCUT2D eigenvalue weighted by Crippen LogP contribution is -2.44. The highest BCUT2D eigenvalue weighted by molar-refractivity contribution is 14.0. The number of ether oxygens (including phenoxy) is 2. The summed E-state index contributed by atoms with van der Waals surface area (Å²) in [5.74, 6) is 1.99. The van der Waals surface area contributed by atoms with Gasteiger partial charge in [-0.2, -0.15) is 0 Å². The molecular formula is C20H25FIN3O2. The summed E-state index contributed by atoms with van der Waals surface area (Å²) in [6, 6.07) is 14.2. The van der Waals surface area contributed by atoms with E-state index in [0.717, 1.165) is 17.7 Å². The highest BCUT2D eigenvalue weighted by atomic mass is 127. The Hall–Kier alpha value is -2.03. The molecule has 0 aliphatic carbocycles. The Kier molecular flexibility index (Phi) is 8.15. The first-order chi connectivity index (χ1) is 12.7. The fourth-order valence-electron chi connectivity index (χ4n) is 2.88. The van der Waals surface area contributed by atoms with E-state index in [1.165, 1.54) is 12.1 Å². The molecule has 0 bridgehead atoms. The monoisotopic (exact) mass is 485 g/mol. The summed E-state index contributed by atoms with van der Waals surface area (Å²) < 4.78 is 24.4. The molecule has 146 valence electrons. The Morgan fingerprint density at radius 2 is 2.00 bits per heavy atom. The average molecular weight is 485 g/mol. The van der Waals surface area contributed by atoms with Crippen molar-refractivity contribution >= 4 is 29.9 Å². The zero-order valence-electron chi connectivity index (χ0n) is 15.4. The number of hydrogen-bond acceptors (Lipinski definition) is 3. The van der Waals surface area contributed by atoms with Gasteiger partial charge in [-0.15, -0.1) is 24.0 Å². The molecule has 0 amide bonds. The first-order valence-electron chi connectivity index (χ1n) is 8.77. The van der Waals surface area contributed by atoms with E-state index in [1.807, 2.05) is 25.1 Å². The van der Waals surface area contributed by atoms with Gasteiger partial charge in [-0.1, -0.05) is 18.2 Å². The quantitative estimate of drug-likeness (QED) is 0.384. The molecule has 7 heteroatoms. The smallest absolute Gasteiger partial charge is 0.191 e. The van der Waals surface area contributed by atoms with Gasteiger partial charge in [0.2, 0.25) is 0 Å². The first kappa shape index (κ1) is 21.3. The van der Waals surface area contributed by atoms with Gasteiger partial charge in [0.05, 0.1) is 19.2 Å². The van der Waals surface area contributed by atoms with Crippen LogP contribution in [-0.4, -0.2) is 32.3 Å². The second kappa shape index (κ2) is 10.3. The third-order valence-electron chi connectivity index (χ3n) is 4.20. The molecular weight excluding hydrogens is 460 g/mol. The first-order valence-corrected chi connectivity index (χ1v) is 8.77. The predicted molar refractivity (Wildman–Crippen MR) is 116 cm³/mol. The SMILES string of the molecule is CN=C(NCC(C)Oc1ccc(F)cc1)NC1CCOc2ccccc21.I. The van der Waals surface area contributed by atoms with Crippen LogP contribution in [-0.2, 0) is 0 Å². The average Bonchev–Trinajstić information content (AvgIpc) is 2.67. The summed E-state index contributed by atoms with van der Waals surface area (Å²) in [4.78, 5) is 4.29. The molecule has 0 aromatic heterocycles. The van der Waals surface area contributed by atoms with Gasteiger partial charge in [0.1, 0.15) is 23.4 Å². The highest BCUT2D eigenvalue weighted by Gasteiger charge is 2.21. The van der Waals surface area contributed by atoms with Crippen LogP contribution in [0.3, 0.4) is 0 Å². The van der Waals surface area contributed by atoms with E-state index in [2.05, 4.69) is 21.7 Å². The standard InChI is InChI=1S/C20H24FN3O2.HI/c1-14(26-16-9-7-15(21)8-10-16)13-23-20(22-2)24-18-11-12-25-19-6-4-3-5-17(18)19;/h3-10,14,18H,11-13H2,1-2H3,(H2,22,23,24);1H. The van der Waals surface area contributed by atoms with E-state index in [1.54, 1.807) is 19.2 Å². The largest absolute Gasteiger partial charge is 0.493 e. The third kappa shape index (κ3) is 5.98. The Bertz CT molecular complexity index is 755. The lowest BCUT2D eigenvalue weighted by atomic mass is 10.0. The summed E-state index contributed by atoms with van der Waals surface area (Å²) in [6.07, 6.45) is 0.778. The van der Waals surface area contributed by atoms with Crippen molar-refractivity contribution in [3.8, 4) is 11.5 Å². The van der Waals surface area contributed by atoms with Gasteiger partial charge >= 0.3 is 0 Å². The molecule has 1 aliphatic rings. The van der Waals surface area contributed by atoms with Crippen molar-refractivity contribution in [2.75, 3.05) is 20.2 Å². The van der Waals surface area contributed by atoms with E-state index in [4.69, 9.17) is 9.47 Å². The van der Waals surface area contributed by atoms with Crippen molar-refractivity contribution in [3.05, 3.63) is 59.9 Å². The molecule has 0 radical (unpaired) electrons. The van der Waals surface area contributed by atoms with E-state index in [-0.39, 0.29) is 41.9 Å². The van der Waals surface area contributed by atoms with Crippen LogP contribution < -0.4 is 20.1 Å². The Morgan fingerprint density at radius 3 is 2.74 bits per heavy atom. The molecule has 2 N–H and O–H groups in total. The summed E-state index contributed by atoms with van der Waals surface area (Å²) in [5.41, 5.74) is 1.14. The summed E-state index contributed by atoms with van der Waals surface area (Å²) in [5, 5.41) is 6.72. The summed E-state index contributed by atoms with van der Waals surface area (Å²) >= 11 is 0. The third-order valence-corrected chi connectivity index (χ3v) is 4.20. The molecule has 2 atom stereocenters. The number of rotatable bonds is 5. The maximum Gasteiger partial charge on any atom is 0.191 e. The van der Waals surface area contributed by atoms with Gasteiger partial charge in [0.25, 0.3) is 0 Å². The van der Waals surface area contributed by atoms with Gasteiger partial charge in [-0.3, -0.25) is 4.99 Å². The maximum absolute atomic E-state index is 13.0. The van der Waals surface area contributed by atoms with Crippen molar-refractivity contribution < 1.29 is 13.9 Å². The molecule has 0 spiro atoms. The molecule has 3 rings (SSSR count). The minimum Gasteiger partial charge on any atom is -0.493 e. The molecule has 2 aromatic rings. The van der Waals surface area contributed by atoms with Gasteiger partial charge in [-0.05, 0) is 37.3 Å². The molecule has 0 saturated heterocycles. The lowest BCUT2D eigenvalue weighted by molar-refractivity contribution is 0.223. The van der Waals surface area contributed by atoms with Crippen LogP contribution in [0.5, 0.6) is 11.5 Å². The van der Waals surface area contributed by atoms with E-state index >= 15 is 0 Å². The zero-order valence-corrected chi connectivity index (χ0v) is 17.8. The molecule has 0 saturated carbocycles. The number of guanidine groups is 1. The molecule has 1 aliphatic heterocycles. The number of para-hydroxylation sites is 1. The second-order valence-electron chi connectivity index (χ2n) is 6.21. The van der Waals surface area contributed by atoms with E-state index < -0.39 is 0 Å². The van der Waals surface area contributed by atoms with Gasteiger partial charge in [0.15, 0.2) is 5.96 Å². The lowest BCUT2D eigenvalue weighted by Gasteiger charge is -2.28. The number of halogens is 2. The zero-order chi connectivity index (χ0) is 18.4. The Balaban J connectivity index is 0.00000261. The van der Waals surface area contributed by atoms with Crippen molar-refractivity contribution in [2.45, 2.75) is 25.5 Å². The van der Waals surface area contributed by atoms with Crippen LogP contribution in [0.1, 0.15) is 24.9 Å². The van der Waals surface area contributed by atoms with E-state index in [0.29, 0.717) is 24.9 Å². The summed E-state index contributed by atoms with van der Waals surface area (Å²) in [6.45, 7) is 3.20. The molecule has 5 nitrogen and oxygen atoms in total. The normalized spacial score (nSPS) is 17.0. The van der Waals surface area contributed by atoms with Crippen LogP contribution >= 0.6 is 24.0 Å². The topological polar surface area (TPSA) is 54.9 Å². The minimum absolute atomic E-state index is 0. The van der Waals surface area contributed by atoms with Crippen molar-refractivity contribution in [2.24, 2.45) is 4.99 Å². The maximum atomic E-state index is 13.0. The molecule has 2 unspecified atom stereocenters. The number of benzene rings is 2. The predicted octanol–water partition coefficient (Wildman–Crippen LogP) is 3.90. The number of hydrogen-bond donors (Lipinski definition) is 2. The Labute approximate surface area is 176 Å². The van der Waals surface area contributed by atoms with Crippen LogP contribution in [0, 0.1) is 5.82 Å².